The maximum atomic E-state index is 10.9. The zero-order valence-electron chi connectivity index (χ0n) is 15.0. The molecule has 1 aromatic carbocycles. The van der Waals surface area contributed by atoms with Crippen LogP contribution in [0.3, 0.4) is 0 Å². The van der Waals surface area contributed by atoms with E-state index in [1.54, 1.807) is 23.1 Å². The van der Waals surface area contributed by atoms with Crippen molar-refractivity contribution in [1.29, 1.82) is 0 Å². The standard InChI is InChI=1S/C21H18BrN3OS2/c22-19-11-16(13-27-19)28-18-12-24-21(17-6-1-2-8-23-17)25-20(18)15-5-3-4-14(10-15)7-9-26/h1,3-6,9-13,17,23H,2,7-8H2. The molecule has 0 spiro atoms. The summed E-state index contributed by atoms with van der Waals surface area (Å²) in [6.45, 7) is 0.925. The minimum absolute atomic E-state index is 0.0278. The smallest absolute Gasteiger partial charge is 0.149 e. The van der Waals surface area contributed by atoms with E-state index in [4.69, 9.17) is 4.98 Å². The maximum absolute atomic E-state index is 10.9. The van der Waals surface area contributed by atoms with E-state index in [2.05, 4.69) is 49.8 Å². The molecule has 0 radical (unpaired) electrons. The van der Waals surface area contributed by atoms with Crippen LogP contribution in [-0.4, -0.2) is 22.8 Å². The fraction of sp³-hybridized carbons (Fsp3) is 0.190. The van der Waals surface area contributed by atoms with Crippen molar-refractivity contribution in [3.63, 3.8) is 0 Å². The molecule has 1 aliphatic heterocycles. The second kappa shape index (κ2) is 9.13. The van der Waals surface area contributed by atoms with Gasteiger partial charge >= 0.3 is 0 Å². The number of hydrogen-bond donors (Lipinski definition) is 1. The number of carbonyl (C=O) groups is 1. The van der Waals surface area contributed by atoms with Gasteiger partial charge in [0, 0.05) is 28.5 Å². The Balaban J connectivity index is 1.76. The summed E-state index contributed by atoms with van der Waals surface area (Å²) in [7, 11) is 0. The van der Waals surface area contributed by atoms with Crippen molar-refractivity contribution in [2.24, 2.45) is 0 Å². The molecule has 142 valence electrons. The van der Waals surface area contributed by atoms with E-state index < -0.39 is 0 Å². The monoisotopic (exact) mass is 471 g/mol. The molecule has 1 unspecified atom stereocenters. The lowest BCUT2D eigenvalue weighted by molar-refractivity contribution is -0.107. The summed E-state index contributed by atoms with van der Waals surface area (Å²) in [5.74, 6) is 0.766. The van der Waals surface area contributed by atoms with Crippen molar-refractivity contribution in [3.05, 3.63) is 69.2 Å². The molecule has 28 heavy (non-hydrogen) atoms. The van der Waals surface area contributed by atoms with E-state index in [0.29, 0.717) is 6.42 Å². The molecular formula is C21H18BrN3OS2. The van der Waals surface area contributed by atoms with E-state index in [1.165, 1.54) is 0 Å². The number of hydrogen-bond acceptors (Lipinski definition) is 6. The number of rotatable bonds is 6. The fourth-order valence-electron chi connectivity index (χ4n) is 3.03. The molecule has 4 nitrogen and oxygen atoms in total. The zero-order chi connectivity index (χ0) is 19.3. The molecule has 1 atom stereocenters. The lowest BCUT2D eigenvalue weighted by Gasteiger charge is -2.18. The first-order valence-corrected chi connectivity index (χ1v) is 11.4. The summed E-state index contributed by atoms with van der Waals surface area (Å²) < 4.78 is 1.10. The van der Waals surface area contributed by atoms with Crippen LogP contribution in [0, 0.1) is 0 Å². The second-order valence-electron chi connectivity index (χ2n) is 6.35. The number of halogens is 1. The van der Waals surface area contributed by atoms with Crippen LogP contribution in [0.4, 0.5) is 0 Å². The number of aromatic nitrogens is 2. The molecule has 1 N–H and O–H groups in total. The topological polar surface area (TPSA) is 54.9 Å². The average molecular weight is 472 g/mol. The first kappa shape index (κ1) is 19.5. The zero-order valence-corrected chi connectivity index (χ0v) is 18.2. The normalized spacial score (nSPS) is 16.2. The third-order valence-corrected chi connectivity index (χ3v) is 6.99. The molecule has 0 bridgehead atoms. The van der Waals surface area contributed by atoms with Crippen LogP contribution in [0.15, 0.2) is 67.6 Å². The van der Waals surface area contributed by atoms with Gasteiger partial charge in [0.1, 0.15) is 12.1 Å². The van der Waals surface area contributed by atoms with Gasteiger partial charge in [-0.3, -0.25) is 0 Å². The van der Waals surface area contributed by atoms with Gasteiger partial charge in [-0.25, -0.2) is 9.97 Å². The largest absolute Gasteiger partial charge is 0.304 e. The van der Waals surface area contributed by atoms with Crippen LogP contribution in [0.25, 0.3) is 11.3 Å². The number of thiophene rings is 1. The Hall–Kier alpha value is -1.80. The highest BCUT2D eigenvalue weighted by atomic mass is 79.9. The van der Waals surface area contributed by atoms with Gasteiger partial charge in [0.15, 0.2) is 0 Å². The molecule has 3 aromatic rings. The molecule has 0 fully saturated rings. The van der Waals surface area contributed by atoms with Gasteiger partial charge in [0.25, 0.3) is 0 Å². The highest BCUT2D eigenvalue weighted by molar-refractivity contribution is 9.11. The number of carbonyl (C=O) groups excluding carboxylic acids is 1. The Bertz CT molecular complexity index is 1020. The van der Waals surface area contributed by atoms with Gasteiger partial charge in [-0.1, -0.05) is 42.1 Å². The second-order valence-corrected chi connectivity index (χ2v) is 9.76. The lowest BCUT2D eigenvalue weighted by Crippen LogP contribution is -2.25. The van der Waals surface area contributed by atoms with E-state index in [-0.39, 0.29) is 6.04 Å². The highest BCUT2D eigenvalue weighted by Gasteiger charge is 2.18. The SMILES string of the molecule is O=CCc1cccc(-c2nc(C3C=CCCN3)ncc2Sc2csc(Br)c2)c1. The van der Waals surface area contributed by atoms with Gasteiger partial charge in [-0.15, -0.1) is 11.3 Å². The Morgan fingerprint density at radius 1 is 1.36 bits per heavy atom. The van der Waals surface area contributed by atoms with E-state index >= 15 is 0 Å². The van der Waals surface area contributed by atoms with Crippen LogP contribution < -0.4 is 5.32 Å². The van der Waals surface area contributed by atoms with Crippen LogP contribution in [0.5, 0.6) is 0 Å². The quantitative estimate of drug-likeness (QED) is 0.382. The van der Waals surface area contributed by atoms with Gasteiger partial charge in [-0.05, 0) is 46.6 Å². The summed E-state index contributed by atoms with van der Waals surface area (Å²) in [4.78, 5) is 22.7. The predicted octanol–water partition coefficient (Wildman–Crippen LogP) is 5.45. The van der Waals surface area contributed by atoms with Crippen molar-refractivity contribution in [2.75, 3.05) is 6.54 Å². The number of benzene rings is 1. The number of nitrogens with one attached hydrogen (secondary N) is 1. The number of aldehydes is 1. The lowest BCUT2D eigenvalue weighted by atomic mass is 10.1. The first-order chi connectivity index (χ1) is 13.7. The molecule has 4 rings (SSSR count). The highest BCUT2D eigenvalue weighted by Crippen LogP contribution is 2.38. The molecule has 0 saturated heterocycles. The molecule has 1 aliphatic rings. The van der Waals surface area contributed by atoms with Crippen molar-refractivity contribution in [1.82, 2.24) is 15.3 Å². The Morgan fingerprint density at radius 2 is 2.29 bits per heavy atom. The van der Waals surface area contributed by atoms with E-state index in [9.17, 15) is 4.79 Å². The van der Waals surface area contributed by atoms with Crippen LogP contribution in [-0.2, 0) is 11.2 Å². The van der Waals surface area contributed by atoms with Gasteiger partial charge < -0.3 is 10.1 Å². The fourth-order valence-corrected chi connectivity index (χ4v) is 5.41. The summed E-state index contributed by atoms with van der Waals surface area (Å²) in [5, 5.41) is 5.56. The molecule has 0 saturated carbocycles. The van der Waals surface area contributed by atoms with Gasteiger partial charge in [-0.2, -0.15) is 0 Å². The van der Waals surface area contributed by atoms with Gasteiger partial charge in [0.05, 0.1) is 20.4 Å². The van der Waals surface area contributed by atoms with Crippen molar-refractivity contribution in [3.8, 4) is 11.3 Å². The number of nitrogens with zero attached hydrogens (tertiary/aromatic N) is 2. The van der Waals surface area contributed by atoms with Crippen LogP contribution in [0.1, 0.15) is 23.9 Å². The van der Waals surface area contributed by atoms with E-state index in [0.717, 1.165) is 55.5 Å². The van der Waals surface area contributed by atoms with Crippen molar-refractivity contribution >= 4 is 45.3 Å². The average Bonchev–Trinajstić information content (AvgIpc) is 3.14. The van der Waals surface area contributed by atoms with Gasteiger partial charge in [0.2, 0.25) is 0 Å². The van der Waals surface area contributed by atoms with E-state index in [1.807, 2.05) is 30.5 Å². The third kappa shape index (κ3) is 4.60. The van der Waals surface area contributed by atoms with Crippen molar-refractivity contribution in [2.45, 2.75) is 28.7 Å². The summed E-state index contributed by atoms with van der Waals surface area (Å²) in [5.41, 5.74) is 2.88. The summed E-state index contributed by atoms with van der Waals surface area (Å²) in [6, 6.07) is 10.1. The van der Waals surface area contributed by atoms with Crippen molar-refractivity contribution < 1.29 is 4.79 Å². The molecule has 7 heteroatoms. The molecule has 2 aromatic heterocycles. The molecule has 0 aliphatic carbocycles. The van der Waals surface area contributed by atoms with Crippen LogP contribution in [0.2, 0.25) is 0 Å². The molecule has 3 heterocycles. The minimum Gasteiger partial charge on any atom is -0.304 e. The maximum Gasteiger partial charge on any atom is 0.149 e. The molecule has 0 amide bonds. The first-order valence-electron chi connectivity index (χ1n) is 8.95. The summed E-state index contributed by atoms with van der Waals surface area (Å²) in [6.07, 6.45) is 8.55. The minimum atomic E-state index is 0.0278. The third-order valence-electron chi connectivity index (χ3n) is 4.35. The summed E-state index contributed by atoms with van der Waals surface area (Å²) >= 11 is 6.83. The Morgan fingerprint density at radius 3 is 3.04 bits per heavy atom. The molecular weight excluding hydrogens is 454 g/mol. The predicted molar refractivity (Wildman–Crippen MR) is 118 cm³/mol. The Labute approximate surface area is 180 Å². The Kier molecular flexibility index (Phi) is 6.36. The van der Waals surface area contributed by atoms with Crippen LogP contribution >= 0.6 is 39.0 Å².